The Kier molecular flexibility index (Phi) is 63.7. The highest BCUT2D eigenvalue weighted by Crippen LogP contribution is 2.16. The Hall–Kier alpha value is -3.67. The average Bonchev–Trinajstić information content (AvgIpc) is 3.45. The van der Waals surface area contributed by atoms with Crippen LogP contribution < -0.4 is 0 Å². The molecule has 0 aromatic rings. The molecule has 0 radical (unpaired) electrons. The first-order valence-electron chi connectivity index (χ1n) is 33.7. The van der Waals surface area contributed by atoms with Crippen molar-refractivity contribution >= 4 is 17.9 Å². The van der Waals surface area contributed by atoms with Gasteiger partial charge in [0.25, 0.3) is 0 Å². The summed E-state index contributed by atoms with van der Waals surface area (Å²) in [6, 6.07) is 0. The van der Waals surface area contributed by atoms with Crippen molar-refractivity contribution in [1.82, 2.24) is 0 Å². The van der Waals surface area contributed by atoms with E-state index in [4.69, 9.17) is 14.2 Å². The largest absolute Gasteiger partial charge is 0.462 e. The average molecular weight is 1100 g/mol. The standard InChI is InChI=1S/C73H126O6/c1-4-7-10-13-16-19-22-25-28-31-34-36-39-42-45-48-51-54-57-60-63-66-72(75)78-69-70(68-77-71(74)65-62-59-56-53-50-47-44-41-38-33-30-27-24-21-18-15-12-9-6-3)79-73(76)67-64-61-58-55-52-49-46-43-40-37-35-32-29-26-23-20-17-14-11-8-5-2/h7,10,16,18-19,21,25,27-28,30,32,34-36,42,45,70H,4-6,8-9,11-15,17,20,22-24,26,29,31,33,37-41,43-44,46-69H2,1-3H3/b10-7-,19-16-,21-18-,28-25-,30-27-,35-32-,36-34-,45-42-. The summed E-state index contributed by atoms with van der Waals surface area (Å²) < 4.78 is 17.0. The van der Waals surface area contributed by atoms with Gasteiger partial charge in [0.05, 0.1) is 0 Å². The molecule has 0 aliphatic carbocycles. The van der Waals surface area contributed by atoms with E-state index in [1.54, 1.807) is 0 Å². The molecule has 0 heterocycles. The lowest BCUT2D eigenvalue weighted by Crippen LogP contribution is -2.30. The number of unbranched alkanes of at least 4 members (excludes halogenated alkanes) is 34. The molecule has 0 amide bonds. The number of carbonyl (C=O) groups is 3. The predicted molar refractivity (Wildman–Crippen MR) is 344 cm³/mol. The zero-order valence-electron chi connectivity index (χ0n) is 52.1. The fourth-order valence-electron chi connectivity index (χ4n) is 9.50. The molecule has 0 fully saturated rings. The molecule has 1 unspecified atom stereocenters. The summed E-state index contributed by atoms with van der Waals surface area (Å²) in [5.74, 6) is -0.898. The van der Waals surface area contributed by atoms with E-state index in [2.05, 4.69) is 118 Å². The first kappa shape index (κ1) is 75.3. The van der Waals surface area contributed by atoms with Crippen molar-refractivity contribution in [2.24, 2.45) is 0 Å². The van der Waals surface area contributed by atoms with Crippen LogP contribution in [0.5, 0.6) is 0 Å². The Morgan fingerprint density at radius 3 is 0.810 bits per heavy atom. The number of allylic oxidation sites excluding steroid dienone is 16. The van der Waals surface area contributed by atoms with Crippen LogP contribution in [0.4, 0.5) is 0 Å². The van der Waals surface area contributed by atoms with Crippen molar-refractivity contribution < 1.29 is 28.6 Å². The minimum Gasteiger partial charge on any atom is -0.462 e. The van der Waals surface area contributed by atoms with Gasteiger partial charge in [-0.2, -0.15) is 0 Å². The molecule has 0 aromatic carbocycles. The molecule has 0 N–H and O–H groups in total. The van der Waals surface area contributed by atoms with Gasteiger partial charge in [-0.15, -0.1) is 0 Å². The first-order valence-corrected chi connectivity index (χ1v) is 33.7. The zero-order chi connectivity index (χ0) is 57.1. The lowest BCUT2D eigenvalue weighted by Gasteiger charge is -2.18. The van der Waals surface area contributed by atoms with Crippen molar-refractivity contribution in [2.75, 3.05) is 13.2 Å². The van der Waals surface area contributed by atoms with Crippen LogP contribution in [0.15, 0.2) is 97.2 Å². The number of esters is 3. The molecule has 79 heavy (non-hydrogen) atoms. The maximum Gasteiger partial charge on any atom is 0.306 e. The third-order valence-corrected chi connectivity index (χ3v) is 14.5. The summed E-state index contributed by atoms with van der Waals surface area (Å²) in [6.07, 6.45) is 89.8. The molecule has 6 heteroatoms. The van der Waals surface area contributed by atoms with Crippen LogP contribution in [-0.4, -0.2) is 37.2 Å². The van der Waals surface area contributed by atoms with E-state index < -0.39 is 6.10 Å². The van der Waals surface area contributed by atoms with Gasteiger partial charge in [-0.25, -0.2) is 0 Å². The summed E-state index contributed by atoms with van der Waals surface area (Å²) in [6.45, 7) is 6.52. The maximum absolute atomic E-state index is 13.0. The monoisotopic (exact) mass is 1100 g/mol. The number of rotatable bonds is 61. The molecule has 0 aromatic heterocycles. The molecule has 0 aliphatic rings. The fraction of sp³-hybridized carbons (Fsp3) is 0.740. The molecule has 1 atom stereocenters. The van der Waals surface area contributed by atoms with Crippen LogP contribution in [0.25, 0.3) is 0 Å². The summed E-state index contributed by atoms with van der Waals surface area (Å²) in [5.41, 5.74) is 0. The van der Waals surface area contributed by atoms with Gasteiger partial charge in [-0.1, -0.05) is 285 Å². The highest BCUT2D eigenvalue weighted by Gasteiger charge is 2.19. The number of ether oxygens (including phenoxy) is 3. The molecule has 0 saturated carbocycles. The normalized spacial score (nSPS) is 12.7. The van der Waals surface area contributed by atoms with Gasteiger partial charge in [0.1, 0.15) is 13.2 Å². The van der Waals surface area contributed by atoms with Gasteiger partial charge in [-0.05, 0) is 122 Å². The number of carbonyl (C=O) groups excluding carboxylic acids is 3. The van der Waals surface area contributed by atoms with Crippen LogP contribution in [-0.2, 0) is 28.6 Å². The van der Waals surface area contributed by atoms with E-state index in [0.717, 1.165) is 116 Å². The van der Waals surface area contributed by atoms with Gasteiger partial charge < -0.3 is 14.2 Å². The van der Waals surface area contributed by atoms with E-state index in [1.807, 2.05) is 0 Å². The summed E-state index contributed by atoms with van der Waals surface area (Å²) in [7, 11) is 0. The summed E-state index contributed by atoms with van der Waals surface area (Å²) in [5, 5.41) is 0. The van der Waals surface area contributed by atoms with E-state index in [9.17, 15) is 14.4 Å². The minimum absolute atomic E-state index is 0.0860. The molecule has 0 aliphatic heterocycles. The lowest BCUT2D eigenvalue weighted by molar-refractivity contribution is -0.167. The topological polar surface area (TPSA) is 78.9 Å². The van der Waals surface area contributed by atoms with Gasteiger partial charge >= 0.3 is 17.9 Å². The Morgan fingerprint density at radius 2 is 0.494 bits per heavy atom. The van der Waals surface area contributed by atoms with Crippen LogP contribution in [0.3, 0.4) is 0 Å². The minimum atomic E-state index is -0.792. The second-order valence-electron chi connectivity index (χ2n) is 22.3. The second-order valence-corrected chi connectivity index (χ2v) is 22.3. The molecule has 6 nitrogen and oxygen atoms in total. The second kappa shape index (κ2) is 66.8. The van der Waals surface area contributed by atoms with Gasteiger partial charge in [0, 0.05) is 19.3 Å². The molecule has 0 bridgehead atoms. The van der Waals surface area contributed by atoms with E-state index in [1.165, 1.54) is 173 Å². The summed E-state index contributed by atoms with van der Waals surface area (Å²) in [4.78, 5) is 38.4. The van der Waals surface area contributed by atoms with Crippen molar-refractivity contribution in [3.05, 3.63) is 97.2 Å². The van der Waals surface area contributed by atoms with Crippen LogP contribution in [0.1, 0.15) is 329 Å². The predicted octanol–water partition coefficient (Wildman–Crippen LogP) is 23.2. The first-order chi connectivity index (χ1) is 39.0. The molecule has 0 rings (SSSR count). The third kappa shape index (κ3) is 65.0. The van der Waals surface area contributed by atoms with E-state index in [0.29, 0.717) is 19.3 Å². The fourth-order valence-corrected chi connectivity index (χ4v) is 9.50. The van der Waals surface area contributed by atoms with E-state index >= 15 is 0 Å². The van der Waals surface area contributed by atoms with Gasteiger partial charge in [0.2, 0.25) is 0 Å². The highest BCUT2D eigenvalue weighted by atomic mass is 16.6. The highest BCUT2D eigenvalue weighted by molar-refractivity contribution is 5.71. The molecule has 0 saturated heterocycles. The van der Waals surface area contributed by atoms with Crippen LogP contribution in [0, 0.1) is 0 Å². The number of hydrogen-bond donors (Lipinski definition) is 0. The van der Waals surface area contributed by atoms with Crippen molar-refractivity contribution in [3.8, 4) is 0 Å². The lowest BCUT2D eigenvalue weighted by atomic mass is 10.1. The third-order valence-electron chi connectivity index (χ3n) is 14.5. The van der Waals surface area contributed by atoms with Gasteiger partial charge in [-0.3, -0.25) is 14.4 Å². The van der Waals surface area contributed by atoms with Crippen LogP contribution >= 0.6 is 0 Å². The van der Waals surface area contributed by atoms with Crippen molar-refractivity contribution in [3.63, 3.8) is 0 Å². The van der Waals surface area contributed by atoms with Gasteiger partial charge in [0.15, 0.2) is 6.10 Å². The summed E-state index contributed by atoms with van der Waals surface area (Å²) >= 11 is 0. The van der Waals surface area contributed by atoms with Crippen molar-refractivity contribution in [1.29, 1.82) is 0 Å². The Labute approximate surface area is 489 Å². The SMILES string of the molecule is CC/C=C\C/C=C\C/C=C\C/C=C\C/C=C\CCCCCCCC(=O)OCC(COC(=O)CCCCCCCCCCC/C=C\C/C=C\CCCCC)OC(=O)CCCCCCCCCCC/C=C\CCCCCCCCCC. The molecule has 0 spiro atoms. The Morgan fingerprint density at radius 1 is 0.266 bits per heavy atom. The quantitative estimate of drug-likeness (QED) is 0.0261. The molecular formula is C73H126O6. The Balaban J connectivity index is 4.42. The smallest absolute Gasteiger partial charge is 0.306 e. The molecular weight excluding hydrogens is 973 g/mol. The van der Waals surface area contributed by atoms with Crippen molar-refractivity contribution in [2.45, 2.75) is 335 Å². The Bertz CT molecular complexity index is 1540. The zero-order valence-corrected chi connectivity index (χ0v) is 52.1. The maximum atomic E-state index is 13.0. The van der Waals surface area contributed by atoms with E-state index in [-0.39, 0.29) is 31.1 Å². The number of hydrogen-bond acceptors (Lipinski definition) is 6. The molecule has 454 valence electrons. The van der Waals surface area contributed by atoms with Crippen LogP contribution in [0.2, 0.25) is 0 Å².